The Morgan fingerprint density at radius 2 is 1.72 bits per heavy atom. The first-order valence-electron chi connectivity index (χ1n) is 4.70. The maximum atomic E-state index is 12.9. The lowest BCUT2D eigenvalue weighted by Crippen LogP contribution is -2.41. The molecule has 0 amide bonds. The van der Waals surface area contributed by atoms with Crippen LogP contribution in [0.5, 0.6) is 0 Å². The van der Waals surface area contributed by atoms with E-state index in [4.69, 9.17) is 28.9 Å². The Labute approximate surface area is 113 Å². The van der Waals surface area contributed by atoms with E-state index in [0.717, 1.165) is 12.1 Å². The van der Waals surface area contributed by atoms with Crippen LogP contribution in [0.25, 0.3) is 0 Å². The predicted octanol–water partition coefficient (Wildman–Crippen LogP) is 1.87. The number of nitrogens with one attached hydrogen (secondary N) is 1. The van der Waals surface area contributed by atoms with Gasteiger partial charge < -0.3 is 5.73 Å². The van der Waals surface area contributed by atoms with Crippen molar-refractivity contribution in [3.8, 4) is 0 Å². The van der Waals surface area contributed by atoms with E-state index in [0.29, 0.717) is 0 Å². The van der Waals surface area contributed by atoms with E-state index < -0.39 is 29.0 Å². The lowest BCUT2D eigenvalue weighted by molar-refractivity contribution is 0.0170. The smallest absolute Gasteiger partial charge is 0.273 e. The van der Waals surface area contributed by atoms with Gasteiger partial charge in [0.1, 0.15) is 0 Å². The molecular formula is C9H10Cl2F2N2O2S. The Morgan fingerprint density at radius 1 is 1.22 bits per heavy atom. The Bertz CT molecular complexity index is 517. The van der Waals surface area contributed by atoms with Gasteiger partial charge in [-0.1, -0.05) is 23.2 Å². The molecule has 0 atom stereocenters. The summed E-state index contributed by atoms with van der Waals surface area (Å²) >= 11 is 11.3. The molecule has 0 saturated heterocycles. The fourth-order valence-electron chi connectivity index (χ4n) is 1.04. The van der Waals surface area contributed by atoms with Crippen molar-refractivity contribution in [3.63, 3.8) is 0 Å². The van der Waals surface area contributed by atoms with Crippen LogP contribution < -0.4 is 10.5 Å². The lowest BCUT2D eigenvalue weighted by atomic mass is 10.3. The van der Waals surface area contributed by atoms with Crippen LogP contribution in [0, 0.1) is 0 Å². The Balaban J connectivity index is 2.93. The minimum absolute atomic E-state index is 0.0912. The molecule has 0 unspecified atom stereocenters. The number of benzene rings is 1. The third kappa shape index (κ3) is 4.33. The fourth-order valence-corrected chi connectivity index (χ4v) is 2.83. The van der Waals surface area contributed by atoms with Crippen molar-refractivity contribution in [2.24, 2.45) is 5.73 Å². The highest BCUT2D eigenvalue weighted by Gasteiger charge is 2.29. The van der Waals surface area contributed by atoms with E-state index in [1.54, 1.807) is 4.72 Å². The van der Waals surface area contributed by atoms with Crippen molar-refractivity contribution in [3.05, 3.63) is 28.2 Å². The number of hydrogen-bond acceptors (Lipinski definition) is 3. The van der Waals surface area contributed by atoms with Gasteiger partial charge in [-0.15, -0.1) is 0 Å². The Hall–Kier alpha value is -0.470. The van der Waals surface area contributed by atoms with Crippen molar-refractivity contribution in [1.29, 1.82) is 0 Å². The summed E-state index contributed by atoms with van der Waals surface area (Å²) in [6, 6.07) is 3.54. The number of rotatable bonds is 5. The number of hydrogen-bond donors (Lipinski definition) is 2. The summed E-state index contributed by atoms with van der Waals surface area (Å²) in [6.45, 7) is -2.04. The van der Waals surface area contributed by atoms with Gasteiger partial charge in [0.25, 0.3) is 5.92 Å². The van der Waals surface area contributed by atoms with Crippen LogP contribution in [0.2, 0.25) is 10.0 Å². The van der Waals surface area contributed by atoms with Crippen LogP contribution in [0.4, 0.5) is 8.78 Å². The molecule has 0 bridgehead atoms. The average molecular weight is 319 g/mol. The van der Waals surface area contributed by atoms with Gasteiger partial charge in [-0.05, 0) is 18.2 Å². The molecule has 0 aliphatic carbocycles. The van der Waals surface area contributed by atoms with E-state index in [-0.39, 0.29) is 14.9 Å². The molecule has 1 aromatic rings. The van der Waals surface area contributed by atoms with Crippen molar-refractivity contribution in [2.45, 2.75) is 10.8 Å². The zero-order valence-corrected chi connectivity index (χ0v) is 11.3. The molecule has 0 spiro atoms. The van der Waals surface area contributed by atoms with Crippen molar-refractivity contribution in [2.75, 3.05) is 13.1 Å². The van der Waals surface area contributed by atoms with E-state index in [2.05, 4.69) is 0 Å². The van der Waals surface area contributed by atoms with Gasteiger partial charge in [-0.2, -0.15) is 0 Å². The highest BCUT2D eigenvalue weighted by atomic mass is 35.5. The van der Waals surface area contributed by atoms with Gasteiger partial charge in [0, 0.05) is 10.0 Å². The van der Waals surface area contributed by atoms with Crippen molar-refractivity contribution >= 4 is 33.2 Å². The maximum absolute atomic E-state index is 12.9. The van der Waals surface area contributed by atoms with Gasteiger partial charge in [0.05, 0.1) is 18.0 Å². The van der Waals surface area contributed by atoms with E-state index in [1.165, 1.54) is 6.07 Å². The molecule has 1 rings (SSSR count). The highest BCUT2D eigenvalue weighted by molar-refractivity contribution is 7.89. The van der Waals surface area contributed by atoms with Gasteiger partial charge in [0.15, 0.2) is 0 Å². The molecule has 0 aliphatic rings. The minimum Gasteiger partial charge on any atom is -0.325 e. The molecule has 0 fully saturated rings. The number of halogens is 4. The lowest BCUT2D eigenvalue weighted by Gasteiger charge is -2.14. The molecule has 1 aromatic carbocycles. The second-order valence-electron chi connectivity index (χ2n) is 3.49. The molecule has 0 saturated carbocycles. The topological polar surface area (TPSA) is 72.2 Å². The monoisotopic (exact) mass is 318 g/mol. The van der Waals surface area contributed by atoms with E-state index >= 15 is 0 Å². The van der Waals surface area contributed by atoms with Crippen molar-refractivity contribution in [1.82, 2.24) is 4.72 Å². The molecule has 3 N–H and O–H groups in total. The van der Waals surface area contributed by atoms with Crippen LogP contribution in [0.15, 0.2) is 23.1 Å². The van der Waals surface area contributed by atoms with Crippen LogP contribution in [0.3, 0.4) is 0 Å². The molecule has 0 heterocycles. The number of nitrogens with two attached hydrogens (primary N) is 1. The van der Waals surface area contributed by atoms with Gasteiger partial charge >= 0.3 is 0 Å². The molecule has 9 heteroatoms. The molecular weight excluding hydrogens is 309 g/mol. The first-order chi connectivity index (χ1) is 8.16. The zero-order valence-electron chi connectivity index (χ0n) is 8.96. The first-order valence-corrected chi connectivity index (χ1v) is 6.94. The molecule has 0 aromatic heterocycles. The van der Waals surface area contributed by atoms with Crippen LogP contribution in [0.1, 0.15) is 0 Å². The van der Waals surface area contributed by atoms with Crippen LogP contribution >= 0.6 is 23.2 Å². The first kappa shape index (κ1) is 15.6. The second-order valence-corrected chi connectivity index (χ2v) is 6.13. The zero-order chi connectivity index (χ0) is 14.0. The average Bonchev–Trinajstić information content (AvgIpc) is 2.25. The van der Waals surface area contributed by atoms with E-state index in [1.807, 2.05) is 0 Å². The number of sulfonamides is 1. The van der Waals surface area contributed by atoms with Gasteiger partial charge in [-0.25, -0.2) is 21.9 Å². The normalized spacial score (nSPS) is 12.7. The SMILES string of the molecule is NCC(F)(F)CNS(=O)(=O)c1cc(Cl)cc(Cl)c1. The van der Waals surface area contributed by atoms with Crippen LogP contribution in [-0.2, 0) is 10.0 Å². The molecule has 0 radical (unpaired) electrons. The summed E-state index contributed by atoms with van der Waals surface area (Å²) in [5, 5.41) is 0.182. The highest BCUT2D eigenvalue weighted by Crippen LogP contribution is 2.22. The summed E-state index contributed by atoms with van der Waals surface area (Å²) < 4.78 is 50.8. The standard InChI is InChI=1S/C9H10Cl2F2N2O2S/c10-6-1-7(11)3-8(2-6)18(16,17)15-5-9(12,13)4-14/h1-3,15H,4-5,14H2. The second kappa shape index (κ2) is 5.66. The summed E-state index contributed by atoms with van der Waals surface area (Å²) in [4.78, 5) is -0.284. The Morgan fingerprint density at radius 3 is 2.17 bits per heavy atom. The van der Waals surface area contributed by atoms with Gasteiger partial charge in [0.2, 0.25) is 10.0 Å². The third-order valence-electron chi connectivity index (χ3n) is 1.97. The molecule has 0 aliphatic heterocycles. The largest absolute Gasteiger partial charge is 0.325 e. The quantitative estimate of drug-likeness (QED) is 0.870. The van der Waals surface area contributed by atoms with Crippen LogP contribution in [-0.4, -0.2) is 27.4 Å². The minimum atomic E-state index is -4.10. The molecule has 102 valence electrons. The van der Waals surface area contributed by atoms with Gasteiger partial charge in [-0.3, -0.25) is 0 Å². The van der Waals surface area contributed by atoms with Crippen molar-refractivity contribution < 1.29 is 17.2 Å². The molecule has 18 heavy (non-hydrogen) atoms. The fraction of sp³-hybridized carbons (Fsp3) is 0.333. The Kier molecular flexibility index (Phi) is 4.90. The summed E-state index contributed by atoms with van der Waals surface area (Å²) in [5.74, 6) is -3.31. The summed E-state index contributed by atoms with van der Waals surface area (Å²) in [7, 11) is -4.10. The molecule has 4 nitrogen and oxygen atoms in total. The summed E-state index contributed by atoms with van der Waals surface area (Å²) in [5.41, 5.74) is 4.80. The summed E-state index contributed by atoms with van der Waals surface area (Å²) in [6.07, 6.45) is 0. The van der Waals surface area contributed by atoms with E-state index in [9.17, 15) is 17.2 Å². The third-order valence-corrected chi connectivity index (χ3v) is 3.78. The predicted molar refractivity (Wildman–Crippen MR) is 65.7 cm³/mol. The maximum Gasteiger partial charge on any atom is 0.273 e. The number of alkyl halides is 2.